The highest BCUT2D eigenvalue weighted by atomic mass is 16.2. The van der Waals surface area contributed by atoms with Crippen molar-refractivity contribution in [2.45, 2.75) is 32.2 Å². The summed E-state index contributed by atoms with van der Waals surface area (Å²) in [7, 11) is 0. The van der Waals surface area contributed by atoms with E-state index in [-0.39, 0.29) is 17.9 Å². The molecule has 84 valence electrons. The lowest BCUT2D eigenvalue weighted by Crippen LogP contribution is -2.41. The van der Waals surface area contributed by atoms with Gasteiger partial charge in [-0.25, -0.2) is 0 Å². The van der Waals surface area contributed by atoms with Gasteiger partial charge in [-0.1, -0.05) is 30.3 Å². The highest BCUT2D eigenvalue weighted by molar-refractivity contribution is 5.97. The van der Waals surface area contributed by atoms with E-state index in [2.05, 4.69) is 0 Å². The SMILES string of the molecule is C[C@@H](c1ccccc1)N1C(=O)CCCC1=O. The zero-order valence-electron chi connectivity index (χ0n) is 9.35. The van der Waals surface area contributed by atoms with Crippen LogP contribution in [0.3, 0.4) is 0 Å². The Labute approximate surface area is 95.1 Å². The average molecular weight is 217 g/mol. The zero-order chi connectivity index (χ0) is 11.5. The lowest BCUT2D eigenvalue weighted by atomic mass is 10.0. The Morgan fingerprint density at radius 3 is 2.19 bits per heavy atom. The Morgan fingerprint density at radius 1 is 1.06 bits per heavy atom. The standard InChI is InChI=1S/C13H15NO2/c1-10(11-6-3-2-4-7-11)14-12(15)8-5-9-13(14)16/h2-4,6-7,10H,5,8-9H2,1H3/t10-/m0/s1. The van der Waals surface area contributed by atoms with Crippen molar-refractivity contribution in [1.82, 2.24) is 4.90 Å². The maximum absolute atomic E-state index is 11.7. The molecule has 1 saturated heterocycles. The predicted molar refractivity (Wildman–Crippen MR) is 60.6 cm³/mol. The average Bonchev–Trinajstić information content (AvgIpc) is 2.30. The molecule has 0 aromatic heterocycles. The van der Waals surface area contributed by atoms with E-state index in [1.165, 1.54) is 4.90 Å². The van der Waals surface area contributed by atoms with E-state index >= 15 is 0 Å². The maximum Gasteiger partial charge on any atom is 0.229 e. The van der Waals surface area contributed by atoms with Crippen molar-refractivity contribution in [1.29, 1.82) is 0 Å². The third-order valence-electron chi connectivity index (χ3n) is 2.99. The smallest absolute Gasteiger partial charge is 0.229 e. The molecule has 1 atom stereocenters. The minimum Gasteiger partial charge on any atom is -0.275 e. The van der Waals surface area contributed by atoms with Gasteiger partial charge in [0.25, 0.3) is 0 Å². The zero-order valence-corrected chi connectivity index (χ0v) is 9.35. The van der Waals surface area contributed by atoms with Crippen molar-refractivity contribution in [2.75, 3.05) is 0 Å². The number of carbonyl (C=O) groups is 2. The van der Waals surface area contributed by atoms with E-state index in [1.807, 2.05) is 37.3 Å². The molecular weight excluding hydrogens is 202 g/mol. The van der Waals surface area contributed by atoms with Crippen LogP contribution in [0, 0.1) is 0 Å². The van der Waals surface area contributed by atoms with Crippen LogP contribution in [0.4, 0.5) is 0 Å². The molecular formula is C13H15NO2. The first-order chi connectivity index (χ1) is 7.70. The van der Waals surface area contributed by atoms with E-state index < -0.39 is 0 Å². The van der Waals surface area contributed by atoms with Crippen LogP contribution in [0.15, 0.2) is 30.3 Å². The van der Waals surface area contributed by atoms with Crippen molar-refractivity contribution in [2.24, 2.45) is 0 Å². The van der Waals surface area contributed by atoms with Gasteiger partial charge in [0.15, 0.2) is 0 Å². The second-order valence-corrected chi connectivity index (χ2v) is 4.10. The van der Waals surface area contributed by atoms with E-state index in [1.54, 1.807) is 0 Å². The highest BCUT2D eigenvalue weighted by Crippen LogP contribution is 2.25. The second-order valence-electron chi connectivity index (χ2n) is 4.10. The number of nitrogens with zero attached hydrogens (tertiary/aromatic N) is 1. The van der Waals surface area contributed by atoms with Crippen molar-refractivity contribution in [3.63, 3.8) is 0 Å². The molecule has 0 unspecified atom stereocenters. The maximum atomic E-state index is 11.7. The van der Waals surface area contributed by atoms with Gasteiger partial charge in [-0.15, -0.1) is 0 Å². The number of amides is 2. The van der Waals surface area contributed by atoms with E-state index in [0.29, 0.717) is 19.3 Å². The van der Waals surface area contributed by atoms with Crippen LogP contribution in [0.5, 0.6) is 0 Å². The van der Waals surface area contributed by atoms with Gasteiger partial charge in [-0.2, -0.15) is 0 Å². The van der Waals surface area contributed by atoms with Gasteiger partial charge < -0.3 is 0 Å². The molecule has 1 aromatic carbocycles. The molecule has 1 fully saturated rings. The minimum atomic E-state index is -0.151. The number of imide groups is 1. The number of likely N-dealkylation sites (tertiary alicyclic amines) is 1. The van der Waals surface area contributed by atoms with Gasteiger partial charge in [0.1, 0.15) is 0 Å². The van der Waals surface area contributed by atoms with Gasteiger partial charge >= 0.3 is 0 Å². The van der Waals surface area contributed by atoms with Gasteiger partial charge in [-0.05, 0) is 18.9 Å². The van der Waals surface area contributed by atoms with E-state index in [4.69, 9.17) is 0 Å². The molecule has 16 heavy (non-hydrogen) atoms. The molecule has 0 spiro atoms. The summed E-state index contributed by atoms with van der Waals surface area (Å²) in [6, 6.07) is 9.51. The number of piperidine rings is 1. The number of hydrogen-bond donors (Lipinski definition) is 0. The molecule has 1 heterocycles. The van der Waals surface area contributed by atoms with Gasteiger partial charge in [0.05, 0.1) is 6.04 Å². The molecule has 0 aliphatic carbocycles. The van der Waals surface area contributed by atoms with Gasteiger partial charge in [0, 0.05) is 12.8 Å². The van der Waals surface area contributed by atoms with Crippen LogP contribution >= 0.6 is 0 Å². The molecule has 0 saturated carbocycles. The summed E-state index contributed by atoms with van der Waals surface area (Å²) in [5.74, 6) is -0.0970. The largest absolute Gasteiger partial charge is 0.275 e. The summed E-state index contributed by atoms with van der Waals surface area (Å²) in [5.41, 5.74) is 1.01. The number of carbonyl (C=O) groups excluding carboxylic acids is 2. The van der Waals surface area contributed by atoms with Crippen LogP contribution in [-0.4, -0.2) is 16.7 Å². The fourth-order valence-electron chi connectivity index (χ4n) is 2.08. The van der Waals surface area contributed by atoms with E-state index in [0.717, 1.165) is 5.56 Å². The summed E-state index contributed by atoms with van der Waals surface area (Å²) in [5, 5.41) is 0. The Balaban J connectivity index is 2.23. The number of hydrogen-bond acceptors (Lipinski definition) is 2. The molecule has 0 radical (unpaired) electrons. The van der Waals surface area contributed by atoms with Crippen molar-refractivity contribution >= 4 is 11.8 Å². The number of rotatable bonds is 2. The van der Waals surface area contributed by atoms with E-state index in [9.17, 15) is 9.59 Å². The van der Waals surface area contributed by atoms with Crippen LogP contribution in [0.25, 0.3) is 0 Å². The first-order valence-electron chi connectivity index (χ1n) is 5.60. The summed E-state index contributed by atoms with van der Waals surface area (Å²) in [4.78, 5) is 24.9. The molecule has 1 aliphatic rings. The lowest BCUT2D eigenvalue weighted by Gasteiger charge is -2.30. The predicted octanol–water partition coefficient (Wildman–Crippen LogP) is 2.29. The van der Waals surface area contributed by atoms with Crippen LogP contribution < -0.4 is 0 Å². The Morgan fingerprint density at radius 2 is 1.62 bits per heavy atom. The molecule has 2 rings (SSSR count). The third-order valence-corrected chi connectivity index (χ3v) is 2.99. The summed E-state index contributed by atoms with van der Waals surface area (Å²) in [6.07, 6.45) is 1.67. The third kappa shape index (κ3) is 1.98. The van der Waals surface area contributed by atoms with Gasteiger partial charge in [0.2, 0.25) is 11.8 Å². The summed E-state index contributed by atoms with van der Waals surface area (Å²) >= 11 is 0. The molecule has 0 bridgehead atoms. The normalized spacial score (nSPS) is 18.7. The monoisotopic (exact) mass is 217 g/mol. The Hall–Kier alpha value is -1.64. The lowest BCUT2D eigenvalue weighted by molar-refractivity contribution is -0.150. The van der Waals surface area contributed by atoms with Crippen LogP contribution in [-0.2, 0) is 9.59 Å². The summed E-state index contributed by atoms with van der Waals surface area (Å²) < 4.78 is 0. The number of benzene rings is 1. The Bertz CT molecular complexity index is 384. The molecule has 3 nitrogen and oxygen atoms in total. The minimum absolute atomic E-state index is 0.0485. The first-order valence-corrected chi connectivity index (χ1v) is 5.60. The summed E-state index contributed by atoms with van der Waals surface area (Å²) in [6.45, 7) is 1.90. The molecule has 3 heteroatoms. The van der Waals surface area contributed by atoms with Crippen LogP contribution in [0.2, 0.25) is 0 Å². The quantitative estimate of drug-likeness (QED) is 0.713. The Kier molecular flexibility index (Phi) is 3.04. The second kappa shape index (κ2) is 4.47. The topological polar surface area (TPSA) is 37.4 Å². The molecule has 0 N–H and O–H groups in total. The molecule has 1 aliphatic heterocycles. The van der Waals surface area contributed by atoms with Crippen molar-refractivity contribution < 1.29 is 9.59 Å². The fourth-order valence-corrected chi connectivity index (χ4v) is 2.08. The molecule has 1 aromatic rings. The van der Waals surface area contributed by atoms with Crippen molar-refractivity contribution in [3.05, 3.63) is 35.9 Å². The fraction of sp³-hybridized carbons (Fsp3) is 0.385. The van der Waals surface area contributed by atoms with Crippen molar-refractivity contribution in [3.8, 4) is 0 Å². The first kappa shape index (κ1) is 10.9. The van der Waals surface area contributed by atoms with Gasteiger partial charge in [-0.3, -0.25) is 14.5 Å². The molecule has 2 amide bonds. The van der Waals surface area contributed by atoms with Crippen LogP contribution in [0.1, 0.15) is 37.8 Å². The highest BCUT2D eigenvalue weighted by Gasteiger charge is 2.30.